The molecule has 4 fully saturated rings. The number of fused-ring (bicyclic) bond motifs is 12. The number of hydrogen-bond donors (Lipinski definition) is 0. The number of anilines is 3. The van der Waals surface area contributed by atoms with Crippen molar-refractivity contribution in [3.63, 3.8) is 0 Å². The van der Waals surface area contributed by atoms with E-state index < -0.39 is 0 Å². The fraction of sp³-hybridized carbons (Fsp3) is 0.375. The first-order valence-electron chi connectivity index (χ1n) is 19.3. The van der Waals surface area contributed by atoms with Crippen LogP contribution in [0.1, 0.15) is 88.5 Å². The molecule has 0 N–H and O–H groups in total. The second kappa shape index (κ2) is 8.94. The Hall–Kier alpha value is -4.30. The highest BCUT2D eigenvalue weighted by Gasteiger charge is 2.84. The van der Waals surface area contributed by atoms with Gasteiger partial charge in [0.05, 0.1) is 11.1 Å². The summed E-state index contributed by atoms with van der Waals surface area (Å²) in [6, 6.07) is 39.6. The van der Waals surface area contributed by atoms with Crippen LogP contribution in [-0.4, -0.2) is 0 Å². The molecular weight excluding hydrogens is 607 g/mol. The monoisotopic (exact) mass is 651 g/mol. The lowest BCUT2D eigenvalue weighted by Crippen LogP contribution is -2.73. The average molecular weight is 652 g/mol. The predicted molar refractivity (Wildman–Crippen MR) is 205 cm³/mol. The van der Waals surface area contributed by atoms with E-state index in [1.54, 1.807) is 11.1 Å². The van der Waals surface area contributed by atoms with E-state index >= 15 is 0 Å². The topological polar surface area (TPSA) is 16.4 Å². The Morgan fingerprint density at radius 1 is 0.600 bits per heavy atom. The Morgan fingerprint density at radius 3 is 2.16 bits per heavy atom. The zero-order valence-electron chi connectivity index (χ0n) is 29.7. The fourth-order valence-corrected chi connectivity index (χ4v) is 13.5. The molecule has 0 amide bonds. The third kappa shape index (κ3) is 3.12. The van der Waals surface area contributed by atoms with Crippen molar-refractivity contribution in [2.45, 2.75) is 82.5 Å². The number of furan rings is 1. The van der Waals surface area contributed by atoms with Crippen LogP contribution in [0.4, 0.5) is 17.1 Å². The molecule has 6 aliphatic carbocycles. The van der Waals surface area contributed by atoms with Gasteiger partial charge in [0.1, 0.15) is 11.2 Å². The molecule has 2 heteroatoms. The van der Waals surface area contributed by atoms with Crippen molar-refractivity contribution in [2.24, 2.45) is 29.1 Å². The van der Waals surface area contributed by atoms with E-state index in [-0.39, 0.29) is 16.2 Å². The van der Waals surface area contributed by atoms with Crippen molar-refractivity contribution in [2.75, 3.05) is 4.90 Å². The van der Waals surface area contributed by atoms with Gasteiger partial charge in [0.15, 0.2) is 0 Å². The highest BCUT2D eigenvalue weighted by atomic mass is 16.3. The summed E-state index contributed by atoms with van der Waals surface area (Å²) in [5, 5.41) is 2.35. The maximum Gasteiger partial charge on any atom is 0.137 e. The molecule has 1 aromatic heterocycles. The van der Waals surface area contributed by atoms with E-state index in [0.29, 0.717) is 5.41 Å². The summed E-state index contributed by atoms with van der Waals surface area (Å²) >= 11 is 0. The summed E-state index contributed by atoms with van der Waals surface area (Å²) in [4.78, 5) is 2.55. The van der Waals surface area contributed by atoms with E-state index in [1.165, 1.54) is 88.6 Å². The lowest BCUT2D eigenvalue weighted by molar-refractivity contribution is -0.231. The van der Waals surface area contributed by atoms with Crippen molar-refractivity contribution < 1.29 is 4.42 Å². The molecule has 2 spiro atoms. The Labute approximate surface area is 295 Å². The average Bonchev–Trinajstić information content (AvgIpc) is 3.85. The van der Waals surface area contributed by atoms with Crippen LogP contribution in [-0.2, 0) is 16.2 Å². The van der Waals surface area contributed by atoms with Crippen molar-refractivity contribution in [1.82, 2.24) is 0 Å². The second-order valence-corrected chi connectivity index (χ2v) is 18.4. The molecular formula is C48H45NO. The van der Waals surface area contributed by atoms with Crippen molar-refractivity contribution in [3.8, 4) is 11.1 Å². The molecule has 4 saturated carbocycles. The number of hydrogen-bond acceptors (Lipinski definition) is 2. The van der Waals surface area contributed by atoms with Gasteiger partial charge in [-0.3, -0.25) is 0 Å². The first kappa shape index (κ1) is 28.4. The minimum Gasteiger partial charge on any atom is -0.456 e. The van der Waals surface area contributed by atoms with Crippen molar-refractivity contribution in [3.05, 3.63) is 125 Å². The summed E-state index contributed by atoms with van der Waals surface area (Å²) in [5.74, 6) is 3.60. The molecule has 5 aromatic carbocycles. The van der Waals surface area contributed by atoms with Crippen LogP contribution in [0.3, 0.4) is 0 Å². The molecule has 6 aliphatic rings. The molecule has 0 radical (unpaired) electrons. The molecule has 0 saturated heterocycles. The predicted octanol–water partition coefficient (Wildman–Crippen LogP) is 12.7. The number of nitrogens with zero attached hydrogens (tertiary/aromatic N) is 1. The quantitative estimate of drug-likeness (QED) is 0.189. The number of benzene rings is 5. The lowest BCUT2D eigenvalue weighted by atomic mass is 9.27. The molecule has 50 heavy (non-hydrogen) atoms. The molecule has 0 aliphatic heterocycles. The standard InChI is InChI=1S/C48H45NO/c1-45(2)20-21-46(3,4)38-26-31(17-19-37(38)45)49(39-13-9-15-41-44(39)33-11-6-8-14-40(33)50-41)30-16-18-36-34(25-30)32-10-5-7-12-35(32)48(36)42-23-28-22-29-24-43(48)47(29,42)27-28/h5-19,25-26,28-29,42-43H,20-24,27H2,1-4H3. The summed E-state index contributed by atoms with van der Waals surface area (Å²) in [6.45, 7) is 9.74. The Balaban J connectivity index is 1.10. The minimum absolute atomic E-state index is 0.117. The van der Waals surface area contributed by atoms with Gasteiger partial charge in [0, 0.05) is 22.2 Å². The molecule has 248 valence electrons. The maximum atomic E-state index is 6.49. The molecule has 2 nitrogen and oxygen atoms in total. The molecule has 6 atom stereocenters. The smallest absolute Gasteiger partial charge is 0.137 e. The van der Waals surface area contributed by atoms with Crippen LogP contribution >= 0.6 is 0 Å². The number of rotatable bonds is 3. The Bertz CT molecular complexity index is 2460. The third-order valence-electron chi connectivity index (χ3n) is 15.6. The Kier molecular flexibility index (Phi) is 5.08. The van der Waals surface area contributed by atoms with Gasteiger partial charge < -0.3 is 9.32 Å². The molecule has 6 unspecified atom stereocenters. The summed E-state index contributed by atoms with van der Waals surface area (Å²) in [5.41, 5.74) is 15.8. The summed E-state index contributed by atoms with van der Waals surface area (Å²) in [7, 11) is 0. The summed E-state index contributed by atoms with van der Waals surface area (Å²) in [6.07, 6.45) is 8.30. The minimum atomic E-state index is 0.117. The lowest BCUT2D eigenvalue weighted by Gasteiger charge is -2.76. The van der Waals surface area contributed by atoms with Crippen molar-refractivity contribution in [1.29, 1.82) is 0 Å². The van der Waals surface area contributed by atoms with Gasteiger partial charge in [-0.15, -0.1) is 0 Å². The van der Waals surface area contributed by atoms with E-state index in [0.717, 1.165) is 34.8 Å². The van der Waals surface area contributed by atoms with Gasteiger partial charge in [0.25, 0.3) is 0 Å². The first-order valence-corrected chi connectivity index (χ1v) is 19.3. The summed E-state index contributed by atoms with van der Waals surface area (Å²) < 4.78 is 6.49. The van der Waals surface area contributed by atoms with Crippen LogP contribution in [0, 0.1) is 29.1 Å². The zero-order valence-corrected chi connectivity index (χ0v) is 29.7. The van der Waals surface area contributed by atoms with Gasteiger partial charge in [-0.2, -0.15) is 0 Å². The molecule has 12 rings (SSSR count). The van der Waals surface area contributed by atoms with Gasteiger partial charge in [0.2, 0.25) is 0 Å². The van der Waals surface area contributed by atoms with E-state index in [4.69, 9.17) is 4.42 Å². The third-order valence-corrected chi connectivity index (χ3v) is 15.6. The SMILES string of the molecule is CC1(C)CCC(C)(C)c2cc(N(c3ccc4c(c3)-c3ccccc3C43C4CC5CC6CC3C64C5)c3cccc4oc5ccccc5c34)ccc21. The van der Waals surface area contributed by atoms with E-state index in [1.807, 2.05) is 0 Å². The van der Waals surface area contributed by atoms with Crippen LogP contribution in [0.5, 0.6) is 0 Å². The van der Waals surface area contributed by atoms with E-state index in [2.05, 4.69) is 136 Å². The normalized spacial score (nSPS) is 31.2. The molecule has 6 aromatic rings. The molecule has 2 bridgehead atoms. The van der Waals surface area contributed by atoms with Crippen LogP contribution in [0.2, 0.25) is 0 Å². The van der Waals surface area contributed by atoms with Gasteiger partial charge >= 0.3 is 0 Å². The maximum absolute atomic E-state index is 6.49. The zero-order chi connectivity index (χ0) is 33.4. The van der Waals surface area contributed by atoms with Gasteiger partial charge in [-0.1, -0.05) is 88.4 Å². The van der Waals surface area contributed by atoms with Crippen molar-refractivity contribution >= 4 is 39.0 Å². The second-order valence-electron chi connectivity index (χ2n) is 18.4. The van der Waals surface area contributed by atoms with Gasteiger partial charge in [-0.05, 0) is 154 Å². The van der Waals surface area contributed by atoms with Crippen LogP contribution < -0.4 is 4.90 Å². The van der Waals surface area contributed by atoms with Crippen LogP contribution in [0.15, 0.2) is 108 Å². The fourth-order valence-electron chi connectivity index (χ4n) is 13.5. The highest BCUT2D eigenvalue weighted by molar-refractivity contribution is 6.13. The first-order chi connectivity index (χ1) is 24.2. The Morgan fingerprint density at radius 2 is 1.30 bits per heavy atom. The number of para-hydroxylation sites is 1. The largest absolute Gasteiger partial charge is 0.456 e. The van der Waals surface area contributed by atoms with Gasteiger partial charge in [-0.25, -0.2) is 0 Å². The molecule has 1 heterocycles. The highest BCUT2D eigenvalue weighted by Crippen LogP contribution is 2.89. The van der Waals surface area contributed by atoms with E-state index in [9.17, 15) is 0 Å². The van der Waals surface area contributed by atoms with Crippen LogP contribution in [0.25, 0.3) is 33.1 Å².